The highest BCUT2D eigenvalue weighted by atomic mass is 16.5. The van der Waals surface area contributed by atoms with Crippen molar-refractivity contribution in [2.24, 2.45) is 0 Å². The van der Waals surface area contributed by atoms with E-state index in [2.05, 4.69) is 16.7 Å². The van der Waals surface area contributed by atoms with E-state index >= 15 is 0 Å². The van der Waals surface area contributed by atoms with Crippen LogP contribution in [0, 0.1) is 11.3 Å². The number of esters is 1. The molecule has 0 radical (unpaired) electrons. The summed E-state index contributed by atoms with van der Waals surface area (Å²) in [6.07, 6.45) is 4.38. The van der Waals surface area contributed by atoms with Crippen LogP contribution in [-0.2, 0) is 9.53 Å². The lowest BCUT2D eigenvalue weighted by atomic mass is 10.00. The molecule has 2 amide bonds. The number of hydrogen-bond acceptors (Lipinski definition) is 6. The third-order valence-corrected chi connectivity index (χ3v) is 4.51. The number of ether oxygens (including phenoxy) is 1. The van der Waals surface area contributed by atoms with Crippen molar-refractivity contribution in [2.75, 3.05) is 11.9 Å². The molecule has 2 aromatic rings. The molecule has 0 saturated heterocycles. The normalized spacial score (nSPS) is 14.7. The quantitative estimate of drug-likeness (QED) is 0.742. The van der Waals surface area contributed by atoms with Gasteiger partial charge in [0.2, 0.25) is 0 Å². The minimum absolute atomic E-state index is 0.173. The number of hydrogen-bond donors (Lipinski definition) is 2. The van der Waals surface area contributed by atoms with E-state index in [1.165, 1.54) is 24.5 Å². The highest BCUT2D eigenvalue weighted by Gasteiger charge is 2.35. The summed E-state index contributed by atoms with van der Waals surface area (Å²) in [7, 11) is 0. The summed E-state index contributed by atoms with van der Waals surface area (Å²) in [4.78, 5) is 36.0. The molecule has 1 aromatic heterocycles. The van der Waals surface area contributed by atoms with Crippen molar-refractivity contribution in [3.8, 4) is 6.07 Å². The summed E-state index contributed by atoms with van der Waals surface area (Å²) in [5.41, 5.74) is -0.135. The number of anilines is 1. The van der Waals surface area contributed by atoms with Crippen molar-refractivity contribution < 1.29 is 23.5 Å². The van der Waals surface area contributed by atoms with Gasteiger partial charge in [-0.25, -0.2) is 4.79 Å². The molecule has 1 saturated carbocycles. The number of carbonyl (C=O) groups excluding carboxylic acids is 3. The van der Waals surface area contributed by atoms with Crippen molar-refractivity contribution in [1.29, 1.82) is 5.26 Å². The Morgan fingerprint density at radius 3 is 2.46 bits per heavy atom. The van der Waals surface area contributed by atoms with Gasteiger partial charge in [0, 0.05) is 5.69 Å². The van der Waals surface area contributed by atoms with Crippen molar-refractivity contribution in [2.45, 2.75) is 31.2 Å². The molecular formula is C20H19N3O5. The van der Waals surface area contributed by atoms with Gasteiger partial charge in [-0.2, -0.15) is 5.26 Å². The second kappa shape index (κ2) is 8.39. The zero-order valence-electron chi connectivity index (χ0n) is 15.1. The topological polar surface area (TPSA) is 121 Å². The fourth-order valence-corrected chi connectivity index (χ4v) is 3.05. The van der Waals surface area contributed by atoms with Crippen LogP contribution >= 0.6 is 0 Å². The van der Waals surface area contributed by atoms with Crippen molar-refractivity contribution in [3.05, 3.63) is 54.0 Å². The molecule has 0 atom stereocenters. The van der Waals surface area contributed by atoms with Crippen molar-refractivity contribution in [3.63, 3.8) is 0 Å². The van der Waals surface area contributed by atoms with Gasteiger partial charge < -0.3 is 19.8 Å². The van der Waals surface area contributed by atoms with E-state index in [9.17, 15) is 19.6 Å². The van der Waals surface area contributed by atoms with E-state index in [0.717, 1.165) is 12.8 Å². The highest BCUT2D eigenvalue weighted by molar-refractivity contribution is 6.02. The zero-order valence-corrected chi connectivity index (χ0v) is 15.1. The second-order valence-corrected chi connectivity index (χ2v) is 6.53. The smallest absolute Gasteiger partial charge is 0.338 e. The number of nitriles is 1. The summed E-state index contributed by atoms with van der Waals surface area (Å²) >= 11 is 0. The number of nitrogens with zero attached hydrogens (tertiary/aromatic N) is 1. The molecule has 1 heterocycles. The molecule has 2 N–H and O–H groups in total. The van der Waals surface area contributed by atoms with Crippen molar-refractivity contribution in [1.82, 2.24) is 5.32 Å². The zero-order chi connectivity index (χ0) is 20.0. The van der Waals surface area contributed by atoms with E-state index in [-0.39, 0.29) is 11.3 Å². The summed E-state index contributed by atoms with van der Waals surface area (Å²) in [5.74, 6) is -1.40. The molecule has 1 fully saturated rings. The first-order valence-electron chi connectivity index (χ1n) is 8.86. The van der Waals surface area contributed by atoms with Crippen LogP contribution < -0.4 is 10.6 Å². The molecule has 144 valence electrons. The summed E-state index contributed by atoms with van der Waals surface area (Å²) in [6, 6.07) is 11.3. The molecule has 0 bridgehead atoms. The fourth-order valence-electron chi connectivity index (χ4n) is 3.05. The number of nitrogens with one attached hydrogen (secondary N) is 2. The largest absolute Gasteiger partial charge is 0.459 e. The van der Waals surface area contributed by atoms with Crippen LogP contribution in [0.3, 0.4) is 0 Å². The molecule has 3 rings (SSSR count). The number of amides is 2. The first-order chi connectivity index (χ1) is 13.5. The molecule has 28 heavy (non-hydrogen) atoms. The van der Waals surface area contributed by atoms with Crippen molar-refractivity contribution >= 4 is 23.5 Å². The third-order valence-electron chi connectivity index (χ3n) is 4.51. The van der Waals surface area contributed by atoms with E-state index < -0.39 is 29.9 Å². The van der Waals surface area contributed by atoms with E-state index in [1.807, 2.05) is 0 Å². The second-order valence-electron chi connectivity index (χ2n) is 6.53. The standard InChI is InChI=1S/C20H19N3O5/c21-13-20(9-1-2-10-20)23-17(24)12-28-19(26)14-5-7-15(8-6-14)22-18(25)16-4-3-11-27-16/h3-8,11H,1-2,9-10,12H2,(H,22,25)(H,23,24). The van der Waals surface area contributed by atoms with Crippen LogP contribution in [-0.4, -0.2) is 29.9 Å². The molecule has 1 aliphatic rings. The van der Waals surface area contributed by atoms with Gasteiger partial charge in [0.05, 0.1) is 17.9 Å². The maximum Gasteiger partial charge on any atom is 0.338 e. The van der Waals surface area contributed by atoms with Crippen LogP contribution in [0.2, 0.25) is 0 Å². The Hall–Kier alpha value is -3.60. The van der Waals surface area contributed by atoms with Gasteiger partial charge in [-0.3, -0.25) is 9.59 Å². The Kier molecular flexibility index (Phi) is 5.75. The molecule has 1 aromatic carbocycles. The summed E-state index contributed by atoms with van der Waals surface area (Å²) < 4.78 is 10.0. The first-order valence-corrected chi connectivity index (χ1v) is 8.86. The Balaban J connectivity index is 1.50. The Morgan fingerprint density at radius 1 is 1.14 bits per heavy atom. The van der Waals surface area contributed by atoms with Gasteiger partial charge in [-0.05, 0) is 62.1 Å². The average Bonchev–Trinajstić information content (AvgIpc) is 3.39. The van der Waals surface area contributed by atoms with E-state index in [1.54, 1.807) is 18.2 Å². The Labute approximate surface area is 161 Å². The molecular weight excluding hydrogens is 362 g/mol. The number of carbonyl (C=O) groups is 3. The van der Waals surface area contributed by atoms with Gasteiger partial charge in [0.15, 0.2) is 12.4 Å². The number of benzene rings is 1. The van der Waals surface area contributed by atoms with Crippen LogP contribution in [0.5, 0.6) is 0 Å². The lowest BCUT2D eigenvalue weighted by Crippen LogP contribution is -2.46. The highest BCUT2D eigenvalue weighted by Crippen LogP contribution is 2.28. The monoisotopic (exact) mass is 381 g/mol. The number of rotatable bonds is 6. The summed E-state index contributed by atoms with van der Waals surface area (Å²) in [5, 5.41) is 14.6. The molecule has 1 aliphatic carbocycles. The van der Waals surface area contributed by atoms with Gasteiger partial charge in [0.1, 0.15) is 5.54 Å². The predicted molar refractivity (Wildman–Crippen MR) is 98.3 cm³/mol. The van der Waals surface area contributed by atoms with Gasteiger partial charge in [-0.15, -0.1) is 0 Å². The average molecular weight is 381 g/mol. The molecule has 0 aliphatic heterocycles. The van der Waals surface area contributed by atoms with Gasteiger partial charge in [0.25, 0.3) is 11.8 Å². The molecule has 0 spiro atoms. The minimum Gasteiger partial charge on any atom is -0.459 e. The maximum absolute atomic E-state index is 12.1. The van der Waals surface area contributed by atoms with Gasteiger partial charge in [-0.1, -0.05) is 0 Å². The molecule has 8 nitrogen and oxygen atoms in total. The molecule has 0 unspecified atom stereocenters. The minimum atomic E-state index is -0.850. The maximum atomic E-state index is 12.1. The number of furan rings is 1. The first kappa shape index (κ1) is 19.2. The predicted octanol–water partition coefficient (Wildman–Crippen LogP) is 2.64. The van der Waals surface area contributed by atoms with E-state index in [4.69, 9.17) is 9.15 Å². The Morgan fingerprint density at radius 2 is 1.86 bits per heavy atom. The van der Waals surface area contributed by atoms with Gasteiger partial charge >= 0.3 is 5.97 Å². The Bertz CT molecular complexity index is 891. The van der Waals surface area contributed by atoms with Crippen LogP contribution in [0.4, 0.5) is 5.69 Å². The lowest BCUT2D eigenvalue weighted by Gasteiger charge is -2.21. The van der Waals surface area contributed by atoms with Crippen LogP contribution in [0.1, 0.15) is 46.6 Å². The van der Waals surface area contributed by atoms with Crippen LogP contribution in [0.25, 0.3) is 0 Å². The van der Waals surface area contributed by atoms with E-state index in [0.29, 0.717) is 18.5 Å². The SMILES string of the molecule is N#CC1(NC(=O)COC(=O)c2ccc(NC(=O)c3ccco3)cc2)CCCC1. The molecule has 8 heteroatoms. The van der Waals surface area contributed by atoms with Crippen LogP contribution in [0.15, 0.2) is 47.1 Å². The third kappa shape index (κ3) is 4.57. The summed E-state index contributed by atoms with van der Waals surface area (Å²) in [6.45, 7) is -0.459. The fraction of sp³-hybridized carbons (Fsp3) is 0.300. The lowest BCUT2D eigenvalue weighted by molar-refractivity contribution is -0.125.